The molecule has 2 heterocycles. The van der Waals surface area contributed by atoms with Crippen LogP contribution in [0.5, 0.6) is 0 Å². The fourth-order valence-corrected chi connectivity index (χ4v) is 2.34. The van der Waals surface area contributed by atoms with Crippen LogP contribution < -0.4 is 0 Å². The summed E-state index contributed by atoms with van der Waals surface area (Å²) in [5, 5.41) is 12.5. The standard InChI is InChI=1S/C18H17N3O4/c1-24-11-16-20-18(25-21-16)14-7-8-15(19-10-14)13-5-2-12(3-6-13)4-9-17(22)23/h2-3,5-8,10H,4,9,11H2,1H3,(H,22,23). The zero-order chi connectivity index (χ0) is 17.6. The molecule has 0 spiro atoms. The third kappa shape index (κ3) is 4.27. The molecular formula is C18H17N3O4. The predicted molar refractivity (Wildman–Crippen MR) is 89.6 cm³/mol. The zero-order valence-corrected chi connectivity index (χ0v) is 13.7. The van der Waals surface area contributed by atoms with Crippen LogP contribution in [0.4, 0.5) is 0 Å². The number of ether oxygens (including phenoxy) is 1. The van der Waals surface area contributed by atoms with E-state index >= 15 is 0 Å². The number of aliphatic carboxylic acids is 1. The third-order valence-corrected chi connectivity index (χ3v) is 3.63. The fraction of sp³-hybridized carbons (Fsp3) is 0.222. The molecular weight excluding hydrogens is 322 g/mol. The molecule has 1 N–H and O–H groups in total. The molecule has 7 heteroatoms. The number of benzene rings is 1. The van der Waals surface area contributed by atoms with Gasteiger partial charge in [0.05, 0.1) is 11.3 Å². The maximum atomic E-state index is 10.6. The van der Waals surface area contributed by atoms with Crippen molar-refractivity contribution in [3.63, 3.8) is 0 Å². The Balaban J connectivity index is 1.72. The molecule has 0 aliphatic heterocycles. The van der Waals surface area contributed by atoms with Crippen LogP contribution in [0.2, 0.25) is 0 Å². The van der Waals surface area contributed by atoms with Crippen molar-refractivity contribution < 1.29 is 19.2 Å². The molecule has 0 amide bonds. The Morgan fingerprint density at radius 2 is 1.92 bits per heavy atom. The number of hydrogen-bond acceptors (Lipinski definition) is 6. The smallest absolute Gasteiger partial charge is 0.303 e. The summed E-state index contributed by atoms with van der Waals surface area (Å²) in [6, 6.07) is 11.4. The monoisotopic (exact) mass is 339 g/mol. The second-order valence-electron chi connectivity index (χ2n) is 5.47. The maximum Gasteiger partial charge on any atom is 0.303 e. The lowest BCUT2D eigenvalue weighted by molar-refractivity contribution is -0.136. The number of nitrogens with zero attached hydrogens (tertiary/aromatic N) is 3. The molecule has 1 aromatic carbocycles. The largest absolute Gasteiger partial charge is 0.481 e. The summed E-state index contributed by atoms with van der Waals surface area (Å²) in [5.41, 5.74) is 3.48. The van der Waals surface area contributed by atoms with Gasteiger partial charge in [-0.2, -0.15) is 4.98 Å². The highest BCUT2D eigenvalue weighted by Gasteiger charge is 2.09. The van der Waals surface area contributed by atoms with Crippen molar-refractivity contribution in [1.82, 2.24) is 15.1 Å². The number of hydrogen-bond donors (Lipinski definition) is 1. The van der Waals surface area contributed by atoms with Gasteiger partial charge in [0.1, 0.15) is 6.61 Å². The van der Waals surface area contributed by atoms with E-state index in [0.717, 1.165) is 22.4 Å². The SMILES string of the molecule is COCc1noc(-c2ccc(-c3ccc(CCC(=O)O)cc3)nc2)n1. The molecule has 0 saturated carbocycles. The van der Waals surface area contributed by atoms with E-state index in [0.29, 0.717) is 24.7 Å². The van der Waals surface area contributed by atoms with Crippen molar-refractivity contribution in [3.8, 4) is 22.7 Å². The summed E-state index contributed by atoms with van der Waals surface area (Å²) in [5.74, 6) is 0.0876. The van der Waals surface area contributed by atoms with Crippen LogP contribution in [0.15, 0.2) is 47.1 Å². The zero-order valence-electron chi connectivity index (χ0n) is 13.7. The van der Waals surface area contributed by atoms with Gasteiger partial charge in [-0.3, -0.25) is 9.78 Å². The second kappa shape index (κ2) is 7.67. The summed E-state index contributed by atoms with van der Waals surface area (Å²) in [7, 11) is 1.57. The lowest BCUT2D eigenvalue weighted by atomic mass is 10.0. The van der Waals surface area contributed by atoms with Gasteiger partial charge in [-0.25, -0.2) is 0 Å². The van der Waals surface area contributed by atoms with Gasteiger partial charge in [0, 0.05) is 25.3 Å². The highest BCUT2D eigenvalue weighted by molar-refractivity contribution is 5.67. The van der Waals surface area contributed by atoms with Crippen molar-refractivity contribution in [1.29, 1.82) is 0 Å². The van der Waals surface area contributed by atoms with E-state index in [9.17, 15) is 4.79 Å². The van der Waals surface area contributed by atoms with Gasteiger partial charge in [0.15, 0.2) is 5.82 Å². The van der Waals surface area contributed by atoms with Crippen LogP contribution in [0.3, 0.4) is 0 Å². The van der Waals surface area contributed by atoms with E-state index in [1.807, 2.05) is 36.4 Å². The van der Waals surface area contributed by atoms with E-state index in [2.05, 4.69) is 15.1 Å². The van der Waals surface area contributed by atoms with Gasteiger partial charge in [0.25, 0.3) is 5.89 Å². The Kier molecular flexibility index (Phi) is 5.15. The average Bonchev–Trinajstić information content (AvgIpc) is 3.10. The van der Waals surface area contributed by atoms with E-state index in [1.165, 1.54) is 0 Å². The minimum Gasteiger partial charge on any atom is -0.481 e. The lowest BCUT2D eigenvalue weighted by Gasteiger charge is -2.04. The molecule has 0 aliphatic carbocycles. The molecule has 3 rings (SSSR count). The topological polar surface area (TPSA) is 98.3 Å². The van der Waals surface area contributed by atoms with Crippen LogP contribution in [0, 0.1) is 0 Å². The quantitative estimate of drug-likeness (QED) is 0.706. The summed E-state index contributed by atoms with van der Waals surface area (Å²) in [6.45, 7) is 0.295. The molecule has 2 aromatic heterocycles. The number of aromatic nitrogens is 3. The Hall–Kier alpha value is -3.06. The van der Waals surface area contributed by atoms with Crippen molar-refractivity contribution >= 4 is 5.97 Å². The van der Waals surface area contributed by atoms with Gasteiger partial charge < -0.3 is 14.4 Å². The van der Waals surface area contributed by atoms with Crippen LogP contribution in [0.25, 0.3) is 22.7 Å². The number of pyridine rings is 1. The van der Waals surface area contributed by atoms with Gasteiger partial charge in [0.2, 0.25) is 0 Å². The van der Waals surface area contributed by atoms with E-state index < -0.39 is 5.97 Å². The third-order valence-electron chi connectivity index (χ3n) is 3.63. The Bertz CT molecular complexity index is 842. The van der Waals surface area contributed by atoms with Crippen LogP contribution >= 0.6 is 0 Å². The minimum absolute atomic E-state index is 0.127. The Morgan fingerprint density at radius 1 is 1.16 bits per heavy atom. The second-order valence-corrected chi connectivity index (χ2v) is 5.47. The molecule has 0 fully saturated rings. The Morgan fingerprint density at radius 3 is 2.56 bits per heavy atom. The van der Waals surface area contributed by atoms with Gasteiger partial charge in [-0.15, -0.1) is 0 Å². The first-order valence-electron chi connectivity index (χ1n) is 7.75. The molecule has 0 atom stereocenters. The molecule has 0 aliphatic rings. The van der Waals surface area contributed by atoms with Crippen LogP contribution in [-0.2, 0) is 22.6 Å². The van der Waals surface area contributed by atoms with Crippen LogP contribution in [0.1, 0.15) is 17.8 Å². The summed E-state index contributed by atoms with van der Waals surface area (Å²) >= 11 is 0. The molecule has 0 saturated heterocycles. The van der Waals surface area contributed by atoms with Gasteiger partial charge >= 0.3 is 5.97 Å². The van der Waals surface area contributed by atoms with Gasteiger partial charge in [-0.05, 0) is 24.1 Å². The first-order valence-corrected chi connectivity index (χ1v) is 7.75. The lowest BCUT2D eigenvalue weighted by Crippen LogP contribution is -1.97. The molecule has 7 nitrogen and oxygen atoms in total. The molecule has 25 heavy (non-hydrogen) atoms. The number of carboxylic acid groups (broad SMARTS) is 1. The van der Waals surface area contributed by atoms with Crippen molar-refractivity contribution in [3.05, 3.63) is 54.0 Å². The number of carbonyl (C=O) groups is 1. The van der Waals surface area contributed by atoms with E-state index in [-0.39, 0.29) is 6.42 Å². The first kappa shape index (κ1) is 16.8. The molecule has 0 bridgehead atoms. The number of aryl methyl sites for hydroxylation is 1. The van der Waals surface area contributed by atoms with Crippen molar-refractivity contribution in [2.45, 2.75) is 19.4 Å². The van der Waals surface area contributed by atoms with E-state index in [4.69, 9.17) is 14.4 Å². The summed E-state index contributed by atoms with van der Waals surface area (Å²) in [4.78, 5) is 19.3. The summed E-state index contributed by atoms with van der Waals surface area (Å²) in [6.07, 6.45) is 2.32. The normalized spacial score (nSPS) is 10.8. The highest BCUT2D eigenvalue weighted by Crippen LogP contribution is 2.22. The summed E-state index contributed by atoms with van der Waals surface area (Å²) < 4.78 is 10.1. The van der Waals surface area contributed by atoms with Crippen LogP contribution in [-0.4, -0.2) is 33.3 Å². The maximum absolute atomic E-state index is 10.6. The first-order chi connectivity index (χ1) is 12.2. The molecule has 0 radical (unpaired) electrons. The average molecular weight is 339 g/mol. The minimum atomic E-state index is -0.795. The molecule has 3 aromatic rings. The van der Waals surface area contributed by atoms with E-state index in [1.54, 1.807) is 13.3 Å². The highest BCUT2D eigenvalue weighted by atomic mass is 16.5. The van der Waals surface area contributed by atoms with Gasteiger partial charge in [-0.1, -0.05) is 29.4 Å². The molecule has 0 unspecified atom stereocenters. The van der Waals surface area contributed by atoms with Crippen molar-refractivity contribution in [2.24, 2.45) is 0 Å². The Labute approximate surface area is 144 Å². The molecule has 128 valence electrons. The van der Waals surface area contributed by atoms with Crippen molar-refractivity contribution in [2.75, 3.05) is 7.11 Å². The number of rotatable bonds is 7. The number of methoxy groups -OCH3 is 1. The number of carboxylic acids is 1. The predicted octanol–water partition coefficient (Wildman–Crippen LogP) is 2.96. The fourth-order valence-electron chi connectivity index (χ4n) is 2.34.